The molecular formula is C7H14FN. The van der Waals surface area contributed by atoms with Crippen LogP contribution in [-0.2, 0) is 0 Å². The molecule has 9 heavy (non-hydrogen) atoms. The Labute approximate surface area is 55.7 Å². The van der Waals surface area contributed by atoms with Crippen molar-refractivity contribution < 1.29 is 4.39 Å². The molecule has 0 aromatic carbocycles. The van der Waals surface area contributed by atoms with Crippen molar-refractivity contribution in [2.75, 3.05) is 6.54 Å². The minimum atomic E-state index is 0.342. The highest BCUT2D eigenvalue weighted by Gasteiger charge is 1.97. The smallest absolute Gasteiger partial charge is 0.0871 e. The Hall–Kier alpha value is -0.370. The number of nitrogens with two attached hydrogens (primary N) is 1. The van der Waals surface area contributed by atoms with Crippen molar-refractivity contribution in [3.8, 4) is 0 Å². The van der Waals surface area contributed by atoms with Gasteiger partial charge in [-0.25, -0.2) is 4.39 Å². The van der Waals surface area contributed by atoms with Gasteiger partial charge in [-0.15, -0.1) is 0 Å². The predicted molar refractivity (Wildman–Crippen MR) is 37.7 cm³/mol. The third-order valence-corrected chi connectivity index (χ3v) is 1.09. The van der Waals surface area contributed by atoms with Crippen LogP contribution >= 0.6 is 0 Å². The fourth-order valence-corrected chi connectivity index (χ4v) is 0.697. The molecule has 0 rings (SSSR count). The summed E-state index contributed by atoms with van der Waals surface area (Å²) in [5, 5.41) is 0. The summed E-state index contributed by atoms with van der Waals surface area (Å²) < 4.78 is 11.8. The molecule has 0 aliphatic carbocycles. The standard InChI is InChI=1S/C7H14FN/c1-6(2)3-7(4-8)5-9/h4,6H,3,5,9H2,1-2H3/b7-4-. The van der Waals surface area contributed by atoms with Gasteiger partial charge in [0.25, 0.3) is 0 Å². The molecule has 0 aromatic heterocycles. The molecule has 0 heterocycles. The van der Waals surface area contributed by atoms with E-state index >= 15 is 0 Å². The van der Waals surface area contributed by atoms with Crippen LogP contribution in [0.2, 0.25) is 0 Å². The summed E-state index contributed by atoms with van der Waals surface area (Å²) in [5.41, 5.74) is 5.92. The Morgan fingerprint density at radius 1 is 1.67 bits per heavy atom. The molecule has 0 saturated carbocycles. The lowest BCUT2D eigenvalue weighted by atomic mass is 10.0. The van der Waals surface area contributed by atoms with E-state index in [1.165, 1.54) is 0 Å². The van der Waals surface area contributed by atoms with Gasteiger partial charge in [0.1, 0.15) is 0 Å². The highest BCUT2D eigenvalue weighted by Crippen LogP contribution is 2.08. The van der Waals surface area contributed by atoms with Crippen molar-refractivity contribution in [3.05, 3.63) is 11.9 Å². The van der Waals surface area contributed by atoms with E-state index in [0.717, 1.165) is 6.42 Å². The molecule has 2 heteroatoms. The van der Waals surface area contributed by atoms with E-state index in [0.29, 0.717) is 24.4 Å². The summed E-state index contributed by atoms with van der Waals surface area (Å²) in [6.45, 7) is 4.42. The third kappa shape index (κ3) is 4.15. The second-order valence-corrected chi connectivity index (χ2v) is 2.57. The maximum atomic E-state index is 11.8. The average molecular weight is 131 g/mol. The quantitative estimate of drug-likeness (QED) is 0.621. The zero-order chi connectivity index (χ0) is 7.28. The summed E-state index contributed by atoms with van der Waals surface area (Å²) in [6, 6.07) is 0. The van der Waals surface area contributed by atoms with Crippen molar-refractivity contribution in [3.63, 3.8) is 0 Å². The molecule has 0 amide bonds. The van der Waals surface area contributed by atoms with E-state index in [-0.39, 0.29) is 0 Å². The maximum absolute atomic E-state index is 11.8. The van der Waals surface area contributed by atoms with Gasteiger partial charge in [0.05, 0.1) is 6.33 Å². The second-order valence-electron chi connectivity index (χ2n) is 2.57. The number of rotatable bonds is 3. The van der Waals surface area contributed by atoms with E-state index in [2.05, 4.69) is 0 Å². The molecule has 0 spiro atoms. The minimum absolute atomic E-state index is 0.342. The first kappa shape index (κ1) is 8.63. The zero-order valence-corrected chi connectivity index (χ0v) is 6.02. The van der Waals surface area contributed by atoms with Gasteiger partial charge in [0.15, 0.2) is 0 Å². The largest absolute Gasteiger partial charge is 0.327 e. The van der Waals surface area contributed by atoms with Gasteiger partial charge in [-0.2, -0.15) is 0 Å². The number of hydrogen-bond acceptors (Lipinski definition) is 1. The molecule has 0 aliphatic heterocycles. The van der Waals surface area contributed by atoms with Crippen LogP contribution < -0.4 is 5.73 Å². The molecule has 0 unspecified atom stereocenters. The molecule has 0 bridgehead atoms. The zero-order valence-electron chi connectivity index (χ0n) is 6.02. The van der Waals surface area contributed by atoms with Gasteiger partial charge in [0.2, 0.25) is 0 Å². The summed E-state index contributed by atoms with van der Waals surface area (Å²) >= 11 is 0. The molecule has 2 N–H and O–H groups in total. The van der Waals surface area contributed by atoms with Gasteiger partial charge in [-0.05, 0) is 17.9 Å². The molecule has 0 saturated heterocycles. The van der Waals surface area contributed by atoms with Crippen LogP contribution in [0, 0.1) is 5.92 Å². The summed E-state index contributed by atoms with van der Waals surface area (Å²) in [6.07, 6.45) is 1.38. The third-order valence-electron chi connectivity index (χ3n) is 1.09. The molecule has 0 radical (unpaired) electrons. The number of hydrogen-bond donors (Lipinski definition) is 1. The maximum Gasteiger partial charge on any atom is 0.0871 e. The van der Waals surface area contributed by atoms with E-state index < -0.39 is 0 Å². The van der Waals surface area contributed by atoms with Gasteiger partial charge in [-0.3, -0.25) is 0 Å². The molecule has 0 aliphatic rings. The molecule has 54 valence electrons. The molecule has 0 atom stereocenters. The van der Waals surface area contributed by atoms with Crippen molar-refractivity contribution in [1.82, 2.24) is 0 Å². The van der Waals surface area contributed by atoms with Crippen LogP contribution in [0.3, 0.4) is 0 Å². The first-order valence-corrected chi connectivity index (χ1v) is 3.19. The van der Waals surface area contributed by atoms with Gasteiger partial charge < -0.3 is 5.73 Å². The van der Waals surface area contributed by atoms with Crippen LogP contribution in [-0.4, -0.2) is 6.54 Å². The minimum Gasteiger partial charge on any atom is -0.327 e. The molecule has 0 fully saturated rings. The van der Waals surface area contributed by atoms with Crippen LogP contribution in [0.15, 0.2) is 11.9 Å². The lowest BCUT2D eigenvalue weighted by Gasteiger charge is -2.04. The SMILES string of the molecule is CC(C)C/C(=C/F)CN. The normalized spacial score (nSPS) is 12.8. The fraction of sp³-hybridized carbons (Fsp3) is 0.714. The lowest BCUT2D eigenvalue weighted by Crippen LogP contribution is -2.04. The van der Waals surface area contributed by atoms with Gasteiger partial charge in [-0.1, -0.05) is 13.8 Å². The molecule has 1 nitrogen and oxygen atoms in total. The molecule has 0 aromatic rings. The first-order valence-electron chi connectivity index (χ1n) is 3.19. The van der Waals surface area contributed by atoms with Crippen molar-refractivity contribution >= 4 is 0 Å². The summed E-state index contributed by atoms with van der Waals surface area (Å²) in [5.74, 6) is 0.496. The van der Waals surface area contributed by atoms with Crippen LogP contribution in [0.5, 0.6) is 0 Å². The van der Waals surface area contributed by atoms with Gasteiger partial charge in [0, 0.05) is 6.54 Å². The Kier molecular flexibility index (Phi) is 4.32. The van der Waals surface area contributed by atoms with Crippen LogP contribution in [0.4, 0.5) is 4.39 Å². The monoisotopic (exact) mass is 131 g/mol. The highest BCUT2D eigenvalue weighted by atomic mass is 19.1. The Bertz CT molecular complexity index is 97.1. The van der Waals surface area contributed by atoms with Crippen molar-refractivity contribution in [1.29, 1.82) is 0 Å². The topological polar surface area (TPSA) is 26.0 Å². The Morgan fingerprint density at radius 2 is 2.22 bits per heavy atom. The second kappa shape index (κ2) is 4.50. The lowest BCUT2D eigenvalue weighted by molar-refractivity contribution is 0.610. The number of halogens is 1. The highest BCUT2D eigenvalue weighted by molar-refractivity contribution is 4.99. The first-order chi connectivity index (χ1) is 4.20. The van der Waals surface area contributed by atoms with E-state index in [1.807, 2.05) is 13.8 Å². The summed E-state index contributed by atoms with van der Waals surface area (Å²) in [7, 11) is 0. The molecular weight excluding hydrogens is 117 g/mol. The Balaban J connectivity index is 3.58. The summed E-state index contributed by atoms with van der Waals surface area (Å²) in [4.78, 5) is 0. The van der Waals surface area contributed by atoms with E-state index in [9.17, 15) is 4.39 Å². The van der Waals surface area contributed by atoms with E-state index in [4.69, 9.17) is 5.73 Å². The average Bonchev–Trinajstić information content (AvgIpc) is 1.82. The van der Waals surface area contributed by atoms with Gasteiger partial charge >= 0.3 is 0 Å². The Morgan fingerprint density at radius 3 is 2.33 bits per heavy atom. The van der Waals surface area contributed by atoms with Crippen LogP contribution in [0.1, 0.15) is 20.3 Å². The van der Waals surface area contributed by atoms with Crippen LogP contribution in [0.25, 0.3) is 0 Å². The fourth-order valence-electron chi connectivity index (χ4n) is 0.697. The van der Waals surface area contributed by atoms with Crippen molar-refractivity contribution in [2.24, 2.45) is 11.7 Å². The van der Waals surface area contributed by atoms with E-state index in [1.54, 1.807) is 0 Å². The van der Waals surface area contributed by atoms with Crippen molar-refractivity contribution in [2.45, 2.75) is 20.3 Å². The predicted octanol–water partition coefficient (Wildman–Crippen LogP) is 1.84.